The van der Waals surface area contributed by atoms with Crippen molar-refractivity contribution < 1.29 is 20.1 Å². The molecule has 3 nitrogen and oxygen atoms in total. The Kier molecular flexibility index (Phi) is 1.04. The van der Waals surface area contributed by atoms with Gasteiger partial charge in [-0.1, -0.05) is 6.04 Å². The van der Waals surface area contributed by atoms with E-state index in [1.165, 1.54) is 0 Å². The summed E-state index contributed by atoms with van der Waals surface area (Å²) in [6, 6.07) is -2.39. The van der Waals surface area contributed by atoms with Crippen LogP contribution in [0.25, 0.3) is 0 Å². The number of phenols is 1. The van der Waals surface area contributed by atoms with E-state index >= 15 is 0 Å². The van der Waals surface area contributed by atoms with E-state index in [1.54, 1.807) is 0 Å². The summed E-state index contributed by atoms with van der Waals surface area (Å²) in [5.41, 5.74) is 0. The number of carbonyl (C=O) groups is 1. The van der Waals surface area contributed by atoms with Gasteiger partial charge in [-0.05, 0) is 12.1 Å². The van der Waals surface area contributed by atoms with E-state index in [0.29, 0.717) is 0 Å². The summed E-state index contributed by atoms with van der Waals surface area (Å²) in [6.45, 7) is 1.08. The Morgan fingerprint density at radius 1 is 1.73 bits per heavy atom. The molecule has 0 aliphatic rings. The van der Waals surface area contributed by atoms with Crippen LogP contribution < -0.4 is 4.74 Å². The average Bonchev–Trinajstić information content (AvgIpc) is 2.18. The molecule has 0 aromatic heterocycles. The Hall–Kier alpha value is -1.51. The summed E-state index contributed by atoms with van der Waals surface area (Å²) >= 11 is 0. The van der Waals surface area contributed by atoms with E-state index < -0.39 is 41.6 Å². The van der Waals surface area contributed by atoms with Crippen molar-refractivity contribution >= 4 is 5.97 Å². The monoisotopic (exact) mass is 156 g/mol. The number of carbonyl (C=O) groups excluding carboxylic acids is 1. The third-order valence-corrected chi connectivity index (χ3v) is 0.835. The molecule has 0 saturated carbocycles. The Labute approximate surface area is 69.9 Å². The Bertz CT molecular complexity index is 401. The van der Waals surface area contributed by atoms with Gasteiger partial charge in [0.05, 0.1) is 5.48 Å². The van der Waals surface area contributed by atoms with Gasteiger partial charge in [-0.25, -0.2) is 0 Å². The smallest absolute Gasteiger partial charge is 0.308 e. The van der Waals surface area contributed by atoms with Gasteiger partial charge >= 0.3 is 5.97 Å². The third kappa shape index (κ3) is 2.29. The van der Waals surface area contributed by atoms with E-state index in [1.807, 2.05) is 0 Å². The minimum atomic E-state index is -0.771. The highest BCUT2D eigenvalue weighted by molar-refractivity contribution is 5.69. The van der Waals surface area contributed by atoms with Crippen LogP contribution in [0.2, 0.25) is 0 Å². The fraction of sp³-hybridized carbons (Fsp3) is 0.125. The zero-order chi connectivity index (χ0) is 11.7. The van der Waals surface area contributed by atoms with E-state index in [2.05, 4.69) is 4.74 Å². The first-order chi connectivity index (χ1) is 6.86. The van der Waals surface area contributed by atoms with Crippen molar-refractivity contribution in [3.05, 3.63) is 24.2 Å². The molecule has 0 unspecified atom stereocenters. The number of esters is 1. The van der Waals surface area contributed by atoms with Gasteiger partial charge in [0.25, 0.3) is 0 Å². The maximum Gasteiger partial charge on any atom is 0.308 e. The lowest BCUT2D eigenvalue weighted by molar-refractivity contribution is -0.131. The first-order valence-corrected chi connectivity index (χ1v) is 2.84. The van der Waals surface area contributed by atoms with Gasteiger partial charge in [-0.15, -0.1) is 0 Å². The molecule has 0 bridgehead atoms. The SMILES string of the molecule is [2H]c1c([2H])c(O)c([2H])c(OC(C)=O)c1[2H]. The molecular weight excluding hydrogens is 144 g/mol. The highest BCUT2D eigenvalue weighted by Crippen LogP contribution is 2.17. The van der Waals surface area contributed by atoms with Crippen molar-refractivity contribution in [2.24, 2.45) is 0 Å². The Morgan fingerprint density at radius 3 is 3.09 bits per heavy atom. The molecule has 58 valence electrons. The summed E-state index contributed by atoms with van der Waals surface area (Å²) in [5.74, 6) is -2.03. The van der Waals surface area contributed by atoms with E-state index in [9.17, 15) is 9.90 Å². The lowest BCUT2D eigenvalue weighted by Gasteiger charge is -1.99. The van der Waals surface area contributed by atoms with Crippen LogP contribution in [-0.2, 0) is 4.79 Å². The average molecular weight is 156 g/mol. The number of aromatic hydroxyl groups is 1. The predicted octanol–water partition coefficient (Wildman–Crippen LogP) is 1.32. The molecule has 0 spiro atoms. The molecule has 1 aromatic rings. The minimum absolute atomic E-state index is 0.499. The molecule has 0 fully saturated rings. The first kappa shape index (κ1) is 3.76. The molecule has 11 heavy (non-hydrogen) atoms. The maximum absolute atomic E-state index is 10.6. The summed E-state index contributed by atoms with van der Waals surface area (Å²) in [6.07, 6.45) is 0. The highest BCUT2D eigenvalue weighted by Gasteiger charge is 1.96. The van der Waals surface area contributed by atoms with Crippen molar-refractivity contribution in [1.82, 2.24) is 0 Å². The summed E-state index contributed by atoms with van der Waals surface area (Å²) in [5, 5.41) is 9.24. The molecule has 3 heteroatoms. The maximum atomic E-state index is 10.6. The molecule has 1 rings (SSSR count). The molecule has 0 heterocycles. The highest BCUT2D eigenvalue weighted by atomic mass is 16.5. The predicted molar refractivity (Wildman–Crippen MR) is 39.4 cm³/mol. The molecule has 0 atom stereocenters. The number of phenolic OH excluding ortho intramolecular Hbond substituents is 1. The van der Waals surface area contributed by atoms with Crippen LogP contribution in [0.4, 0.5) is 0 Å². The second kappa shape index (κ2) is 3.05. The van der Waals surface area contributed by atoms with E-state index in [4.69, 9.17) is 5.48 Å². The van der Waals surface area contributed by atoms with Crippen molar-refractivity contribution in [2.45, 2.75) is 6.92 Å². The summed E-state index contributed by atoms with van der Waals surface area (Å²) in [7, 11) is 0. The molecule has 0 aliphatic heterocycles. The van der Waals surface area contributed by atoms with Crippen LogP contribution in [0.1, 0.15) is 12.4 Å². The molecule has 0 radical (unpaired) electrons. The molecule has 0 saturated heterocycles. The van der Waals surface area contributed by atoms with Gasteiger partial charge in [0.15, 0.2) is 0 Å². The fourth-order valence-corrected chi connectivity index (χ4v) is 0.512. The third-order valence-electron chi connectivity index (χ3n) is 0.835. The number of rotatable bonds is 1. The van der Waals surface area contributed by atoms with Crippen LogP contribution in [-0.4, -0.2) is 11.1 Å². The quantitative estimate of drug-likeness (QED) is 0.492. The Balaban J connectivity index is 3.45. The van der Waals surface area contributed by atoms with Crippen LogP contribution in [0.3, 0.4) is 0 Å². The number of hydrogen-bond donors (Lipinski definition) is 1. The minimum Gasteiger partial charge on any atom is -0.508 e. The molecular formula is C8H8O3. The van der Waals surface area contributed by atoms with Crippen LogP contribution >= 0.6 is 0 Å². The van der Waals surface area contributed by atoms with Gasteiger partial charge in [-0.2, -0.15) is 0 Å². The fourth-order valence-electron chi connectivity index (χ4n) is 0.512. The zero-order valence-corrected chi connectivity index (χ0v) is 5.76. The van der Waals surface area contributed by atoms with Crippen molar-refractivity contribution in [2.75, 3.05) is 0 Å². The lowest BCUT2D eigenvalue weighted by atomic mass is 10.3. The lowest BCUT2D eigenvalue weighted by Crippen LogP contribution is -2.00. The Morgan fingerprint density at radius 2 is 2.45 bits per heavy atom. The molecule has 1 N–H and O–H groups in total. The van der Waals surface area contributed by atoms with E-state index in [0.717, 1.165) is 6.92 Å². The number of benzene rings is 1. The standard InChI is InChI=1S/C8H8O3/c1-6(9)11-8-4-2-3-7(10)5-8/h2-5,10H,1H3/i2D,3D,4D,5D. The number of hydrogen-bond acceptors (Lipinski definition) is 3. The normalized spacial score (nSPS) is 14.3. The largest absolute Gasteiger partial charge is 0.508 e. The second-order valence-electron chi connectivity index (χ2n) is 1.77. The summed E-state index contributed by atoms with van der Waals surface area (Å²) in [4.78, 5) is 10.6. The van der Waals surface area contributed by atoms with E-state index in [-0.39, 0.29) is 0 Å². The van der Waals surface area contributed by atoms with Gasteiger partial charge < -0.3 is 9.84 Å². The van der Waals surface area contributed by atoms with Crippen molar-refractivity contribution in [3.8, 4) is 11.5 Å². The van der Waals surface area contributed by atoms with Gasteiger partial charge in [-0.3, -0.25) is 4.79 Å². The molecule has 0 aliphatic carbocycles. The topological polar surface area (TPSA) is 46.5 Å². The van der Waals surface area contributed by atoms with Crippen LogP contribution in [0, 0.1) is 0 Å². The second-order valence-corrected chi connectivity index (χ2v) is 1.77. The van der Waals surface area contributed by atoms with Gasteiger partial charge in [0.1, 0.15) is 11.5 Å². The van der Waals surface area contributed by atoms with Gasteiger partial charge in [0, 0.05) is 13.0 Å². The van der Waals surface area contributed by atoms with Crippen molar-refractivity contribution in [3.63, 3.8) is 0 Å². The van der Waals surface area contributed by atoms with Crippen LogP contribution in [0.15, 0.2) is 24.2 Å². The molecule has 1 aromatic carbocycles. The zero-order valence-electron chi connectivity index (χ0n) is 9.76. The van der Waals surface area contributed by atoms with Crippen LogP contribution in [0.5, 0.6) is 11.5 Å². The summed E-state index contributed by atoms with van der Waals surface area (Å²) < 4.78 is 33.6. The van der Waals surface area contributed by atoms with Crippen molar-refractivity contribution in [1.29, 1.82) is 0 Å². The van der Waals surface area contributed by atoms with Gasteiger partial charge in [0.2, 0.25) is 0 Å². The number of ether oxygens (including phenoxy) is 1. The molecule has 0 amide bonds. The first-order valence-electron chi connectivity index (χ1n) is 4.84.